The molecule has 1 aromatic heterocycles. The first-order valence-electron chi connectivity index (χ1n) is 9.37. The van der Waals surface area contributed by atoms with Crippen LogP contribution in [0, 0.1) is 5.41 Å². The van der Waals surface area contributed by atoms with Crippen LogP contribution in [0.25, 0.3) is 0 Å². The van der Waals surface area contributed by atoms with Crippen molar-refractivity contribution in [1.82, 2.24) is 9.55 Å². The molecule has 29 heavy (non-hydrogen) atoms. The van der Waals surface area contributed by atoms with Gasteiger partial charge in [-0.25, -0.2) is 4.79 Å². The molecule has 1 aromatic rings. The first-order valence-corrected chi connectivity index (χ1v) is 12.0. The molecule has 11 heteroatoms. The summed E-state index contributed by atoms with van der Waals surface area (Å²) < 4.78 is 24.6. The maximum atomic E-state index is 12.4. The highest BCUT2D eigenvalue weighted by Crippen LogP contribution is 2.52. The molecule has 0 aromatic carbocycles. The Hall–Kier alpha value is -0.870. The van der Waals surface area contributed by atoms with Crippen LogP contribution < -0.4 is 11.4 Å². The van der Waals surface area contributed by atoms with Crippen LogP contribution in [-0.2, 0) is 30.3 Å². The predicted molar refractivity (Wildman–Crippen MR) is 114 cm³/mol. The largest absolute Gasteiger partial charge is 0.383 e. The molecule has 5 atom stereocenters. The molecule has 2 heterocycles. The van der Waals surface area contributed by atoms with E-state index in [0.717, 1.165) is 0 Å². The molecular formula is C18H32N3O6PS. The number of anilines is 1. The summed E-state index contributed by atoms with van der Waals surface area (Å²) in [6.07, 6.45) is -0.695. The Kier molecular flexibility index (Phi) is 7.32. The van der Waals surface area contributed by atoms with Crippen LogP contribution in [0.1, 0.15) is 54.2 Å². The fraction of sp³-hybridized carbons (Fsp3) is 0.778. The second-order valence-electron chi connectivity index (χ2n) is 9.31. The molecule has 0 aliphatic carbocycles. The first kappa shape index (κ1) is 24.4. The molecule has 3 N–H and O–H groups in total. The minimum Gasteiger partial charge on any atom is -0.383 e. The van der Waals surface area contributed by atoms with Gasteiger partial charge >= 0.3 is 12.4 Å². The van der Waals surface area contributed by atoms with Gasteiger partial charge in [0.05, 0.1) is 11.7 Å². The molecular weight excluding hydrogens is 417 g/mol. The zero-order valence-corrected chi connectivity index (χ0v) is 19.7. The lowest BCUT2D eigenvalue weighted by molar-refractivity contribution is -0.0592. The number of nitrogens with zero attached hydrogens (tertiary/aromatic N) is 2. The van der Waals surface area contributed by atoms with E-state index in [1.807, 2.05) is 0 Å². The van der Waals surface area contributed by atoms with Gasteiger partial charge in [0, 0.05) is 13.3 Å². The summed E-state index contributed by atoms with van der Waals surface area (Å²) >= 11 is 5.24. The summed E-state index contributed by atoms with van der Waals surface area (Å²) in [5.41, 5.74) is 4.22. The van der Waals surface area contributed by atoms with E-state index >= 15 is 0 Å². The van der Waals surface area contributed by atoms with Crippen molar-refractivity contribution in [3.8, 4) is 0 Å². The number of aromatic nitrogens is 2. The van der Waals surface area contributed by atoms with E-state index in [9.17, 15) is 9.69 Å². The van der Waals surface area contributed by atoms with Gasteiger partial charge in [-0.3, -0.25) is 9.09 Å². The number of methoxy groups -OCH3 is 1. The van der Waals surface area contributed by atoms with E-state index in [4.69, 9.17) is 36.1 Å². The van der Waals surface area contributed by atoms with Crippen LogP contribution in [0.2, 0.25) is 0 Å². The van der Waals surface area contributed by atoms with Crippen LogP contribution in [0.5, 0.6) is 0 Å². The van der Waals surface area contributed by atoms with Gasteiger partial charge in [-0.15, -0.1) is 0 Å². The Morgan fingerprint density at radius 1 is 1.31 bits per heavy atom. The molecule has 1 aliphatic rings. The van der Waals surface area contributed by atoms with E-state index in [-0.39, 0.29) is 11.2 Å². The minimum atomic E-state index is -3.60. The fourth-order valence-corrected chi connectivity index (χ4v) is 5.49. The van der Waals surface area contributed by atoms with Crippen LogP contribution in [-0.4, -0.2) is 45.5 Å². The van der Waals surface area contributed by atoms with Gasteiger partial charge in [0.2, 0.25) is 0 Å². The molecule has 2 rings (SSSR count). The summed E-state index contributed by atoms with van der Waals surface area (Å²) in [6, 6.07) is 1.50. The quantitative estimate of drug-likeness (QED) is 0.632. The fourth-order valence-electron chi connectivity index (χ4n) is 3.22. The van der Waals surface area contributed by atoms with Crippen molar-refractivity contribution in [1.29, 1.82) is 0 Å². The maximum Gasteiger partial charge on any atom is 0.351 e. The Morgan fingerprint density at radius 3 is 2.41 bits per heavy atom. The minimum absolute atomic E-state index is 0.113. The van der Waals surface area contributed by atoms with Crippen LogP contribution in [0.15, 0.2) is 17.1 Å². The maximum absolute atomic E-state index is 12.4. The van der Waals surface area contributed by atoms with Crippen molar-refractivity contribution in [3.63, 3.8) is 0 Å². The second kappa shape index (κ2) is 8.70. The Morgan fingerprint density at radius 2 is 1.93 bits per heavy atom. The normalized spacial score (nSPS) is 27.7. The number of hydrogen-bond acceptors (Lipinski definition) is 8. The van der Waals surface area contributed by atoms with E-state index < -0.39 is 42.5 Å². The topological polar surface area (TPSA) is 118 Å². The molecule has 1 aliphatic heterocycles. The Balaban J connectivity index is 2.41. The summed E-state index contributed by atoms with van der Waals surface area (Å²) in [6.45, 7) is 7.90. The standard InChI is InChI=1S/C18H32N3O6PS/c1-17(2,3)10-11-13(26-28(23,29)27-18(4,5)6)14(24-7)15(25-11)21-9-8-12(19)20-16(21)22/h8-9,11,13-15H,10H2,1-7H3,(H,23,29)(H2,19,20,22)/t11-,13+,14?,15-,28?/m1/s1. The Labute approximate surface area is 176 Å². The highest BCUT2D eigenvalue weighted by atomic mass is 32.5. The second-order valence-corrected chi connectivity index (χ2v) is 12.0. The van der Waals surface area contributed by atoms with Crippen LogP contribution >= 0.6 is 6.72 Å². The number of hydrogen-bond donors (Lipinski definition) is 2. The average Bonchev–Trinajstić information content (AvgIpc) is 2.79. The van der Waals surface area contributed by atoms with Gasteiger partial charge in [-0.1, -0.05) is 20.8 Å². The summed E-state index contributed by atoms with van der Waals surface area (Å²) in [7, 11) is 1.48. The molecule has 0 radical (unpaired) electrons. The third-order valence-electron chi connectivity index (χ3n) is 4.14. The highest BCUT2D eigenvalue weighted by molar-refractivity contribution is 8.07. The molecule has 0 amide bonds. The smallest absolute Gasteiger partial charge is 0.351 e. The van der Waals surface area contributed by atoms with Crippen molar-refractivity contribution in [3.05, 3.63) is 22.7 Å². The predicted octanol–water partition coefficient (Wildman–Crippen LogP) is 2.59. The molecule has 166 valence electrons. The van der Waals surface area contributed by atoms with Gasteiger partial charge < -0.3 is 24.6 Å². The summed E-state index contributed by atoms with van der Waals surface area (Å²) in [5, 5.41) is 0. The lowest BCUT2D eigenvalue weighted by atomic mass is 9.87. The zero-order valence-electron chi connectivity index (χ0n) is 18.0. The van der Waals surface area contributed by atoms with E-state index in [1.165, 1.54) is 23.9 Å². The molecule has 2 unspecified atom stereocenters. The van der Waals surface area contributed by atoms with Gasteiger partial charge in [0.1, 0.15) is 18.0 Å². The number of ether oxygens (including phenoxy) is 2. The van der Waals surface area contributed by atoms with Gasteiger partial charge in [0.15, 0.2) is 6.23 Å². The molecule has 0 bridgehead atoms. The monoisotopic (exact) mass is 449 g/mol. The zero-order chi connectivity index (χ0) is 22.2. The van der Waals surface area contributed by atoms with E-state index in [2.05, 4.69) is 25.8 Å². The number of nitrogen functional groups attached to an aromatic ring is 1. The third-order valence-corrected chi connectivity index (χ3v) is 5.91. The van der Waals surface area contributed by atoms with Crippen molar-refractivity contribution in [2.75, 3.05) is 12.8 Å². The number of nitrogens with two attached hydrogens (primary N) is 1. The highest BCUT2D eigenvalue weighted by Gasteiger charge is 2.50. The molecule has 1 saturated heterocycles. The van der Waals surface area contributed by atoms with Crippen molar-refractivity contribution < 1.29 is 23.4 Å². The molecule has 0 saturated carbocycles. The average molecular weight is 450 g/mol. The van der Waals surface area contributed by atoms with Crippen molar-refractivity contribution in [2.45, 2.75) is 78.1 Å². The summed E-state index contributed by atoms with van der Waals surface area (Å²) in [4.78, 5) is 26.8. The third kappa shape index (κ3) is 6.82. The lowest BCUT2D eigenvalue weighted by Gasteiger charge is -2.32. The van der Waals surface area contributed by atoms with E-state index in [0.29, 0.717) is 6.42 Å². The molecule has 1 fully saturated rings. The lowest BCUT2D eigenvalue weighted by Crippen LogP contribution is -2.39. The Bertz CT molecular complexity index is 819. The van der Waals surface area contributed by atoms with Gasteiger partial charge in [-0.05, 0) is 50.5 Å². The van der Waals surface area contributed by atoms with Crippen LogP contribution in [0.4, 0.5) is 5.82 Å². The molecule has 0 spiro atoms. The molecule has 9 nitrogen and oxygen atoms in total. The SMILES string of the molecule is COC1[C@@H](OP(O)(=S)OC(C)(C)C)[C@@H](CC(C)(C)C)O[C@H]1n1ccc(N)nc1=O. The summed E-state index contributed by atoms with van der Waals surface area (Å²) in [5.74, 6) is 0.113. The first-order chi connectivity index (χ1) is 13.1. The van der Waals surface area contributed by atoms with Gasteiger partial charge in [0.25, 0.3) is 0 Å². The van der Waals surface area contributed by atoms with Crippen LogP contribution in [0.3, 0.4) is 0 Å². The van der Waals surface area contributed by atoms with E-state index in [1.54, 1.807) is 20.8 Å². The van der Waals surface area contributed by atoms with Crippen molar-refractivity contribution >= 4 is 24.3 Å². The van der Waals surface area contributed by atoms with Crippen molar-refractivity contribution in [2.24, 2.45) is 5.41 Å². The van der Waals surface area contributed by atoms with Gasteiger partial charge in [-0.2, -0.15) is 4.98 Å². The number of rotatable bonds is 6.